The van der Waals surface area contributed by atoms with Crippen LogP contribution in [0, 0.1) is 0 Å². The third-order valence-corrected chi connectivity index (χ3v) is 0.430. The van der Waals surface area contributed by atoms with Crippen LogP contribution in [0.5, 0.6) is 0 Å². The Morgan fingerprint density at radius 3 is 3.29 bits per heavy atom. The molecule has 0 bridgehead atoms. The van der Waals surface area contributed by atoms with Gasteiger partial charge in [-0.2, -0.15) is 0 Å². The molecule has 0 fully saturated rings. The molecule has 4 heteroatoms. The first-order chi connectivity index (χ1) is 4.89. The molecule has 0 saturated carbocycles. The van der Waals surface area contributed by atoms with Crippen molar-refractivity contribution in [3.05, 3.63) is 0 Å². The summed E-state index contributed by atoms with van der Waals surface area (Å²) in [5.74, 6) is -1.75. The highest BCUT2D eigenvalue weighted by atomic mass is 16.4. The van der Waals surface area contributed by atoms with Gasteiger partial charge in [0.05, 0.1) is 0 Å². The van der Waals surface area contributed by atoms with Crippen molar-refractivity contribution in [2.24, 2.45) is 0 Å². The number of carboxylic acids is 1. The van der Waals surface area contributed by atoms with Gasteiger partial charge in [0.1, 0.15) is 18.6 Å². The number of carbonyl (C=O) groups is 1. The fourth-order valence-corrected chi connectivity index (χ4v) is 0.0680. The second-order valence-corrected chi connectivity index (χ2v) is 1.00. The highest BCUT2D eigenvalue weighted by molar-refractivity contribution is 5.69. The molecule has 4 N–H and O–H groups in total. The first-order valence-electron chi connectivity index (χ1n) is 3.40. The van der Waals surface area contributed by atoms with Crippen molar-refractivity contribution in [3.63, 3.8) is 0 Å². The minimum atomic E-state index is -2.05. The van der Waals surface area contributed by atoms with Crippen LogP contribution < -0.4 is 10.8 Å². The van der Waals surface area contributed by atoms with Gasteiger partial charge in [0.25, 0.3) is 0 Å². The Balaban J connectivity index is 4.22. The molecule has 0 heterocycles. The Kier molecular flexibility index (Phi) is 0.765. The number of quaternary nitrogens is 1. The van der Waals surface area contributed by atoms with Gasteiger partial charge < -0.3 is 20.7 Å². The minimum absolute atomic E-state index is 0.709. The summed E-state index contributed by atoms with van der Waals surface area (Å²) in [7, 11) is 0. The van der Waals surface area contributed by atoms with Crippen LogP contribution >= 0.6 is 0 Å². The maximum atomic E-state index is 10.1. The lowest BCUT2D eigenvalue weighted by Gasteiger charge is -2.02. The molecule has 0 spiro atoms. The molecule has 0 radical (unpaired) electrons. The third-order valence-electron chi connectivity index (χ3n) is 0.430. The zero-order chi connectivity index (χ0) is 9.07. The lowest BCUT2D eigenvalue weighted by atomic mass is 10.3. The first-order valence-corrected chi connectivity index (χ1v) is 1.65. The summed E-state index contributed by atoms with van der Waals surface area (Å²) < 4.78 is 26.0. The van der Waals surface area contributed by atoms with E-state index in [1.54, 1.807) is 0 Å². The van der Waals surface area contributed by atoms with Crippen molar-refractivity contribution in [3.8, 4) is 0 Å². The number of aliphatic carboxylic acids is 1. The monoisotopic (exact) mass is 109 g/mol. The molecule has 0 saturated heterocycles. The van der Waals surface area contributed by atoms with Crippen LogP contribution in [-0.2, 0) is 4.79 Å². The fourth-order valence-electron chi connectivity index (χ4n) is 0.0680. The molecular formula is C3H7NO3. The zero-order valence-electron chi connectivity index (χ0n) is 7.46. The van der Waals surface area contributed by atoms with E-state index in [1.165, 1.54) is 0 Å². The summed E-state index contributed by atoms with van der Waals surface area (Å²) in [6.07, 6.45) is 0. The molecule has 42 valence electrons. The van der Waals surface area contributed by atoms with E-state index < -0.39 is 24.3 Å². The lowest BCUT2D eigenvalue weighted by molar-refractivity contribution is -0.441. The predicted molar refractivity (Wildman–Crippen MR) is 18.8 cm³/mol. The quantitative estimate of drug-likeness (QED) is 0.390. The van der Waals surface area contributed by atoms with Gasteiger partial charge in [-0.3, -0.25) is 0 Å². The summed E-state index contributed by atoms with van der Waals surface area (Å²) >= 11 is 0. The van der Waals surface area contributed by atoms with E-state index >= 15 is 0 Å². The molecule has 0 amide bonds. The van der Waals surface area contributed by atoms with Crippen LogP contribution in [-0.4, -0.2) is 25.2 Å². The maximum absolute atomic E-state index is 10.1. The molecule has 4 nitrogen and oxygen atoms in total. The van der Waals surface area contributed by atoms with Crippen LogP contribution in [0.25, 0.3) is 0 Å². The molecule has 0 aromatic rings. The van der Waals surface area contributed by atoms with Gasteiger partial charge in [-0.25, -0.2) is 0 Å². The smallest absolute Gasteiger partial charge is 0.345 e. The van der Waals surface area contributed by atoms with E-state index in [0.717, 1.165) is 0 Å². The van der Waals surface area contributed by atoms with Crippen LogP contribution in [0.3, 0.4) is 0 Å². The number of rotatable bonds is 4. The van der Waals surface area contributed by atoms with Gasteiger partial charge in [0, 0.05) is 0 Å². The highest BCUT2D eigenvalue weighted by Gasteiger charge is 2.01. The van der Waals surface area contributed by atoms with E-state index in [9.17, 15) is 9.90 Å². The van der Waals surface area contributed by atoms with Crippen LogP contribution in [0.15, 0.2) is 0 Å². The number of carbonyl (C=O) groups excluding carboxylic acids is 1. The minimum Gasteiger partial charge on any atom is -0.544 e. The molecule has 1 atom stereocenters. The van der Waals surface area contributed by atoms with Crippen LogP contribution in [0.4, 0.5) is 0 Å². The topological polar surface area (TPSA) is 88.0 Å². The summed E-state index contributed by atoms with van der Waals surface area (Å²) in [4.78, 5) is 10.1. The molecule has 0 aromatic heterocycles. The maximum Gasteiger partial charge on any atom is 0.345 e. The van der Waals surface area contributed by atoms with E-state index in [-0.39, 0.29) is 0 Å². The average Bonchev–Trinajstić information content (AvgIpc) is 1.79. The second-order valence-electron chi connectivity index (χ2n) is 1.00. The Labute approximate surface area is 46.4 Å². The van der Waals surface area contributed by atoms with Crippen molar-refractivity contribution >= 4 is 5.97 Å². The highest BCUT2D eigenvalue weighted by Crippen LogP contribution is 1.63. The SMILES string of the molecule is [2H]OCC(C(=O)[O-])[N+]([2H])([2H])[2H]. The van der Waals surface area contributed by atoms with E-state index in [2.05, 4.69) is 5.11 Å². The van der Waals surface area contributed by atoms with Crippen LogP contribution in [0.2, 0.25) is 4.24 Å². The molecule has 0 aliphatic rings. The van der Waals surface area contributed by atoms with Gasteiger partial charge in [-0.05, 0) is 0 Å². The lowest BCUT2D eigenvalue weighted by Crippen LogP contribution is -2.70. The van der Waals surface area contributed by atoms with E-state index in [0.29, 0.717) is 0 Å². The van der Waals surface area contributed by atoms with Gasteiger partial charge >= 0.3 is 4.24 Å². The van der Waals surface area contributed by atoms with Gasteiger partial charge in [-0.15, -0.1) is 0 Å². The molecule has 0 aromatic carbocycles. The average molecular weight is 109 g/mol. The Morgan fingerprint density at radius 1 is 2.43 bits per heavy atom. The zero-order valence-corrected chi connectivity index (χ0v) is 3.46. The first kappa shape index (κ1) is 2.11. The summed E-state index contributed by atoms with van der Waals surface area (Å²) in [6, 6.07) is -1.78. The van der Waals surface area contributed by atoms with E-state index in [4.69, 9.17) is 5.67 Å². The standard InChI is InChI=1S/C3H7NO3/c4-2(1-5)3(6)7/h2,5H,1,4H2,(H,6,7)/i5D/hD3. The normalized spacial score (nSPS) is 23.4. The van der Waals surface area contributed by atoms with Crippen LogP contribution in [0.1, 0.15) is 0 Å². The molecule has 1 unspecified atom stereocenters. The Morgan fingerprint density at radius 2 is 3.14 bits per heavy atom. The predicted octanol–water partition coefficient (Wildman–Crippen LogP) is -3.66. The molecule has 7 heavy (non-hydrogen) atoms. The second kappa shape index (κ2) is 2.54. The summed E-state index contributed by atoms with van der Waals surface area (Å²) in [5.41, 5.74) is -2.05. The Hall–Kier alpha value is -0.610. The summed E-state index contributed by atoms with van der Waals surface area (Å²) in [5, 5.41) is 13.7. The molecular weight excluding hydrogens is 98.0 g/mol. The number of hydrogen-bond acceptors (Lipinski definition) is 3. The van der Waals surface area contributed by atoms with Gasteiger partial charge in [0.2, 0.25) is 1.43 Å². The van der Waals surface area contributed by atoms with E-state index in [1.807, 2.05) is 0 Å². The van der Waals surface area contributed by atoms with Crippen molar-refractivity contribution in [1.29, 1.82) is 1.43 Å². The van der Waals surface area contributed by atoms with Gasteiger partial charge in [-0.1, -0.05) is 0 Å². The van der Waals surface area contributed by atoms with Crippen molar-refractivity contribution in [2.45, 2.75) is 6.04 Å². The van der Waals surface area contributed by atoms with Gasteiger partial charge in [0.15, 0.2) is 0 Å². The largest absolute Gasteiger partial charge is 0.544 e. The fraction of sp³-hybridized carbons (Fsp3) is 0.667. The Bertz CT molecular complexity index is 146. The van der Waals surface area contributed by atoms with Crippen molar-refractivity contribution < 1.29 is 25.0 Å². The number of aliphatic hydroxyl groups excluding tert-OH is 1. The number of hydrogen-bond donors (Lipinski definition) is 2. The third kappa shape index (κ3) is 2.13. The number of carboxylic acid groups (broad SMARTS) is 1. The van der Waals surface area contributed by atoms with Crippen molar-refractivity contribution in [1.82, 2.24) is 0 Å². The molecule has 0 aliphatic carbocycles. The summed E-state index contributed by atoms with van der Waals surface area (Å²) in [6.45, 7) is -0.709. The number of aliphatic hydroxyl groups is 1. The molecule has 0 rings (SSSR count). The van der Waals surface area contributed by atoms with Crippen molar-refractivity contribution in [2.75, 3.05) is 6.61 Å². The molecule has 0 aliphatic heterocycles.